The lowest BCUT2D eigenvalue weighted by molar-refractivity contribution is 0.0734. The molecule has 0 N–H and O–H groups in total. The first-order valence-corrected chi connectivity index (χ1v) is 9.77. The number of ether oxygens (including phenoxy) is 2. The van der Waals surface area contributed by atoms with Gasteiger partial charge in [0.05, 0.1) is 12.2 Å². The van der Waals surface area contributed by atoms with Crippen molar-refractivity contribution in [1.82, 2.24) is 0 Å². The summed E-state index contributed by atoms with van der Waals surface area (Å²) in [5.41, 5.74) is 1.86. The summed E-state index contributed by atoms with van der Waals surface area (Å²) in [5, 5.41) is 0.614. The average Bonchev–Trinajstić information content (AvgIpc) is 2.70. The van der Waals surface area contributed by atoms with E-state index in [4.69, 9.17) is 21.1 Å². The molecule has 2 aromatic carbocycles. The molecule has 1 aliphatic rings. The van der Waals surface area contributed by atoms with Crippen LogP contribution in [0.2, 0.25) is 5.02 Å². The lowest BCUT2D eigenvalue weighted by atomic mass is 9.78. The van der Waals surface area contributed by atoms with Gasteiger partial charge in [-0.3, -0.25) is 0 Å². The highest BCUT2D eigenvalue weighted by Crippen LogP contribution is 2.36. The van der Waals surface area contributed by atoms with Crippen LogP contribution in [0.4, 0.5) is 0 Å². The minimum Gasteiger partial charge on any atom is -0.423 e. The quantitative estimate of drug-likeness (QED) is 0.346. The summed E-state index contributed by atoms with van der Waals surface area (Å²) >= 11 is 5.85. The first-order chi connectivity index (χ1) is 13.2. The van der Waals surface area contributed by atoms with Gasteiger partial charge in [0.2, 0.25) is 0 Å². The van der Waals surface area contributed by atoms with Crippen molar-refractivity contribution in [3.8, 4) is 5.75 Å². The summed E-state index contributed by atoms with van der Waals surface area (Å²) < 4.78 is 10.5. The fraction of sp³-hybridized carbons (Fsp3) is 0.348. The zero-order valence-corrected chi connectivity index (χ0v) is 16.3. The summed E-state index contributed by atoms with van der Waals surface area (Å²) in [5.74, 6) is 1.37. The minimum absolute atomic E-state index is 0.351. The number of benzene rings is 2. The van der Waals surface area contributed by atoms with Crippen LogP contribution in [0.3, 0.4) is 0 Å². The van der Waals surface area contributed by atoms with Gasteiger partial charge >= 0.3 is 5.97 Å². The van der Waals surface area contributed by atoms with Crippen LogP contribution in [0, 0.1) is 5.92 Å². The van der Waals surface area contributed by atoms with Gasteiger partial charge in [-0.15, -0.1) is 0 Å². The molecule has 0 aromatic heterocycles. The zero-order valence-electron chi connectivity index (χ0n) is 15.6. The van der Waals surface area contributed by atoms with Crippen molar-refractivity contribution in [1.29, 1.82) is 0 Å². The van der Waals surface area contributed by atoms with Gasteiger partial charge < -0.3 is 9.47 Å². The highest BCUT2D eigenvalue weighted by atomic mass is 35.5. The molecule has 1 fully saturated rings. The molecule has 1 aliphatic carbocycles. The predicted molar refractivity (Wildman–Crippen MR) is 109 cm³/mol. The molecule has 142 valence electrons. The van der Waals surface area contributed by atoms with E-state index >= 15 is 0 Å². The molecule has 0 radical (unpaired) electrons. The van der Waals surface area contributed by atoms with Crippen LogP contribution >= 0.6 is 11.6 Å². The second-order valence-corrected chi connectivity index (χ2v) is 7.40. The lowest BCUT2D eigenvalue weighted by Crippen LogP contribution is -2.12. The lowest BCUT2D eigenvalue weighted by Gasteiger charge is -2.27. The molecule has 2 aromatic rings. The smallest absolute Gasteiger partial charge is 0.343 e. The van der Waals surface area contributed by atoms with E-state index in [9.17, 15) is 4.79 Å². The normalized spacial score (nSPS) is 19.9. The van der Waals surface area contributed by atoms with Crippen molar-refractivity contribution in [3.05, 3.63) is 76.8 Å². The molecule has 3 nitrogen and oxygen atoms in total. The van der Waals surface area contributed by atoms with Crippen molar-refractivity contribution in [3.63, 3.8) is 0 Å². The van der Waals surface area contributed by atoms with E-state index in [0.29, 0.717) is 34.8 Å². The Morgan fingerprint density at radius 1 is 1.04 bits per heavy atom. The van der Waals surface area contributed by atoms with Crippen LogP contribution in [0.1, 0.15) is 47.5 Å². The topological polar surface area (TPSA) is 35.5 Å². The van der Waals surface area contributed by atoms with Gasteiger partial charge in [0.1, 0.15) is 5.75 Å². The fourth-order valence-electron chi connectivity index (χ4n) is 3.55. The monoisotopic (exact) mass is 384 g/mol. The van der Waals surface area contributed by atoms with E-state index in [1.807, 2.05) is 12.1 Å². The van der Waals surface area contributed by atoms with Crippen molar-refractivity contribution >= 4 is 17.6 Å². The van der Waals surface area contributed by atoms with E-state index in [1.54, 1.807) is 31.4 Å². The highest BCUT2D eigenvalue weighted by Gasteiger charge is 2.21. The first kappa shape index (κ1) is 19.7. The number of carbonyl (C=O) groups excluding carboxylic acids is 1. The van der Waals surface area contributed by atoms with Gasteiger partial charge in [0, 0.05) is 12.1 Å². The van der Waals surface area contributed by atoms with E-state index in [2.05, 4.69) is 24.3 Å². The predicted octanol–water partition coefficient (Wildman–Crippen LogP) is 6.04. The maximum absolute atomic E-state index is 12.3. The largest absolute Gasteiger partial charge is 0.423 e. The van der Waals surface area contributed by atoms with Gasteiger partial charge in [0.15, 0.2) is 0 Å². The maximum Gasteiger partial charge on any atom is 0.343 e. The second kappa shape index (κ2) is 9.72. The van der Waals surface area contributed by atoms with Crippen LogP contribution in [0.5, 0.6) is 5.75 Å². The maximum atomic E-state index is 12.3. The van der Waals surface area contributed by atoms with Crippen molar-refractivity contribution in [2.75, 3.05) is 13.7 Å². The van der Waals surface area contributed by atoms with Crippen LogP contribution in [-0.2, 0) is 4.74 Å². The number of hydrogen-bond donors (Lipinski definition) is 0. The van der Waals surface area contributed by atoms with Crippen LogP contribution < -0.4 is 4.74 Å². The summed E-state index contributed by atoms with van der Waals surface area (Å²) in [6.07, 6.45) is 9.16. The Hall–Kier alpha value is -2.10. The molecular formula is C23H25ClO3. The molecule has 3 rings (SSSR count). The molecule has 27 heavy (non-hydrogen) atoms. The summed E-state index contributed by atoms with van der Waals surface area (Å²) in [6, 6.07) is 14.6. The van der Waals surface area contributed by atoms with Crippen molar-refractivity contribution in [2.24, 2.45) is 5.92 Å². The molecule has 0 saturated heterocycles. The number of rotatable bonds is 6. The van der Waals surface area contributed by atoms with E-state index in [0.717, 1.165) is 0 Å². The van der Waals surface area contributed by atoms with Gasteiger partial charge in [-0.25, -0.2) is 4.79 Å². The van der Waals surface area contributed by atoms with Crippen molar-refractivity contribution < 1.29 is 14.3 Å². The second-order valence-electron chi connectivity index (χ2n) is 6.96. The minimum atomic E-state index is -0.351. The van der Waals surface area contributed by atoms with Gasteiger partial charge in [-0.05, 0) is 79.5 Å². The summed E-state index contributed by atoms with van der Waals surface area (Å²) in [4.78, 5) is 12.3. The molecule has 0 bridgehead atoms. The number of hydrogen-bond acceptors (Lipinski definition) is 3. The van der Waals surface area contributed by atoms with E-state index in [-0.39, 0.29) is 5.97 Å². The van der Waals surface area contributed by atoms with Gasteiger partial charge in [-0.1, -0.05) is 35.9 Å². The number of esters is 1. The number of methoxy groups -OCH3 is 1. The van der Waals surface area contributed by atoms with Gasteiger partial charge in [0.25, 0.3) is 0 Å². The number of allylic oxidation sites excluding steroid dienone is 1. The molecule has 0 amide bonds. The third-order valence-corrected chi connectivity index (χ3v) is 5.34. The van der Waals surface area contributed by atoms with E-state index < -0.39 is 0 Å². The standard InChI is InChI=1S/C23H25ClO3/c1-26-16-2-3-17-4-6-18(7-5-17)19-8-10-20(11-9-19)23(25)27-22-14-12-21(24)13-15-22/h2-3,8-15,17-18H,4-7,16H2,1H3/b3-2+/t17-,18-. The Kier molecular flexibility index (Phi) is 7.08. The van der Waals surface area contributed by atoms with Crippen LogP contribution in [0.25, 0.3) is 0 Å². The first-order valence-electron chi connectivity index (χ1n) is 9.39. The SMILES string of the molecule is COC/C=C/[C@H]1CC[C@H](c2ccc(C(=O)Oc3ccc(Cl)cc3)cc2)CC1. The molecule has 0 unspecified atom stereocenters. The molecular weight excluding hydrogens is 360 g/mol. The van der Waals surface area contributed by atoms with E-state index in [1.165, 1.54) is 31.2 Å². The number of halogens is 1. The van der Waals surface area contributed by atoms with Crippen LogP contribution in [-0.4, -0.2) is 19.7 Å². The molecule has 0 aliphatic heterocycles. The molecule has 1 saturated carbocycles. The van der Waals surface area contributed by atoms with Gasteiger partial charge in [-0.2, -0.15) is 0 Å². The molecule has 0 atom stereocenters. The Labute approximate surface area is 165 Å². The Balaban J connectivity index is 1.54. The van der Waals surface area contributed by atoms with Crippen molar-refractivity contribution in [2.45, 2.75) is 31.6 Å². The Morgan fingerprint density at radius 2 is 1.70 bits per heavy atom. The Morgan fingerprint density at radius 3 is 2.33 bits per heavy atom. The fourth-order valence-corrected chi connectivity index (χ4v) is 3.68. The number of carbonyl (C=O) groups is 1. The molecule has 4 heteroatoms. The summed E-state index contributed by atoms with van der Waals surface area (Å²) in [7, 11) is 1.72. The summed E-state index contributed by atoms with van der Waals surface area (Å²) in [6.45, 7) is 0.688. The molecule has 0 spiro atoms. The average molecular weight is 385 g/mol. The Bertz CT molecular complexity index is 757. The zero-order chi connectivity index (χ0) is 19.1. The third-order valence-electron chi connectivity index (χ3n) is 5.08. The van der Waals surface area contributed by atoms with Crippen LogP contribution in [0.15, 0.2) is 60.7 Å². The highest BCUT2D eigenvalue weighted by molar-refractivity contribution is 6.30. The third kappa shape index (κ3) is 5.69. The molecule has 0 heterocycles.